The summed E-state index contributed by atoms with van der Waals surface area (Å²) < 4.78 is 5.84. The molecule has 3 nitrogen and oxygen atoms in total. The van der Waals surface area contributed by atoms with E-state index in [1.165, 1.54) is 94.2 Å². The van der Waals surface area contributed by atoms with E-state index >= 15 is 0 Å². The molecule has 0 aromatic heterocycles. The molecule has 208 valence electrons. The van der Waals surface area contributed by atoms with E-state index in [4.69, 9.17) is 4.74 Å². The van der Waals surface area contributed by atoms with Gasteiger partial charge in [-0.1, -0.05) is 92.6 Å². The average molecular weight is 525 g/mol. The molecule has 1 saturated carbocycles. The number of unbranched alkanes of at least 4 members (excludes halogenated alkanes) is 1. The Morgan fingerprint density at radius 3 is 1.97 bits per heavy atom. The molecular weight excluding hydrogens is 476 g/mol. The highest BCUT2D eigenvalue weighted by Gasteiger charge is 2.35. The van der Waals surface area contributed by atoms with Crippen LogP contribution in [0, 0.1) is 5.41 Å². The smallest absolute Gasteiger partial charge is 0.119 e. The van der Waals surface area contributed by atoms with Gasteiger partial charge in [0.2, 0.25) is 0 Å². The molecule has 0 spiro atoms. The van der Waals surface area contributed by atoms with E-state index in [0.717, 1.165) is 31.4 Å². The first-order valence-corrected chi connectivity index (χ1v) is 15.5. The summed E-state index contributed by atoms with van der Waals surface area (Å²) in [6, 6.07) is 32.0. The lowest BCUT2D eigenvalue weighted by Crippen LogP contribution is -2.49. The molecule has 0 bridgehead atoms. The quantitative estimate of drug-likeness (QED) is 0.188. The second-order valence-corrected chi connectivity index (χ2v) is 12.1. The van der Waals surface area contributed by atoms with E-state index < -0.39 is 0 Å². The van der Waals surface area contributed by atoms with Gasteiger partial charge in [-0.05, 0) is 79.2 Å². The van der Waals surface area contributed by atoms with Crippen LogP contribution in [0.1, 0.15) is 68.6 Å². The second-order valence-electron chi connectivity index (χ2n) is 12.1. The molecule has 1 unspecified atom stereocenters. The van der Waals surface area contributed by atoms with Crippen LogP contribution < -0.4 is 4.74 Å². The van der Waals surface area contributed by atoms with Crippen molar-refractivity contribution in [1.29, 1.82) is 0 Å². The lowest BCUT2D eigenvalue weighted by atomic mass is 9.71. The van der Waals surface area contributed by atoms with Crippen molar-refractivity contribution in [3.8, 4) is 5.75 Å². The Balaban J connectivity index is 1.15. The van der Waals surface area contributed by atoms with Crippen LogP contribution in [0.5, 0.6) is 5.75 Å². The highest BCUT2D eigenvalue weighted by Crippen LogP contribution is 2.42. The SMILES string of the molecule is CCCCOc1ccc(CN2CCN(C3CCCC(Cc4ccccc4)(Cc4ccccc4)CC3)CC2)cc1. The van der Waals surface area contributed by atoms with E-state index in [9.17, 15) is 0 Å². The van der Waals surface area contributed by atoms with E-state index in [1.807, 2.05) is 0 Å². The molecule has 39 heavy (non-hydrogen) atoms. The van der Waals surface area contributed by atoms with Crippen LogP contribution in [-0.2, 0) is 19.4 Å². The molecular formula is C36H48N2O. The Morgan fingerprint density at radius 1 is 0.718 bits per heavy atom. The summed E-state index contributed by atoms with van der Waals surface area (Å²) in [5.41, 5.74) is 4.76. The first kappa shape index (κ1) is 27.9. The summed E-state index contributed by atoms with van der Waals surface area (Å²) in [4.78, 5) is 5.46. The number of ether oxygens (including phenoxy) is 1. The van der Waals surface area contributed by atoms with Crippen LogP contribution in [0.2, 0.25) is 0 Å². The minimum Gasteiger partial charge on any atom is -0.494 e. The van der Waals surface area contributed by atoms with Gasteiger partial charge in [-0.15, -0.1) is 0 Å². The van der Waals surface area contributed by atoms with Gasteiger partial charge in [0, 0.05) is 38.8 Å². The van der Waals surface area contributed by atoms with Gasteiger partial charge in [0.15, 0.2) is 0 Å². The Hall–Kier alpha value is -2.62. The highest BCUT2D eigenvalue weighted by atomic mass is 16.5. The van der Waals surface area contributed by atoms with Gasteiger partial charge < -0.3 is 4.74 Å². The van der Waals surface area contributed by atoms with Crippen molar-refractivity contribution in [3.63, 3.8) is 0 Å². The molecule has 1 atom stereocenters. The Morgan fingerprint density at radius 2 is 1.36 bits per heavy atom. The summed E-state index contributed by atoms with van der Waals surface area (Å²) >= 11 is 0. The zero-order valence-electron chi connectivity index (χ0n) is 24.1. The molecule has 0 amide bonds. The molecule has 1 aliphatic heterocycles. The predicted molar refractivity (Wildman–Crippen MR) is 163 cm³/mol. The van der Waals surface area contributed by atoms with E-state index in [0.29, 0.717) is 5.41 Å². The molecule has 2 fully saturated rings. The molecule has 1 heterocycles. The normalized spacial score (nSPS) is 20.4. The van der Waals surface area contributed by atoms with E-state index in [2.05, 4.69) is 102 Å². The first-order chi connectivity index (χ1) is 19.2. The predicted octanol–water partition coefficient (Wildman–Crippen LogP) is 7.79. The molecule has 1 aliphatic carbocycles. The van der Waals surface area contributed by atoms with Crippen molar-refractivity contribution in [2.75, 3.05) is 32.8 Å². The monoisotopic (exact) mass is 524 g/mol. The van der Waals surface area contributed by atoms with Gasteiger partial charge in [0.1, 0.15) is 5.75 Å². The fourth-order valence-corrected chi connectivity index (χ4v) is 6.86. The topological polar surface area (TPSA) is 15.7 Å². The summed E-state index contributed by atoms with van der Waals surface area (Å²) in [5.74, 6) is 1.00. The summed E-state index contributed by atoms with van der Waals surface area (Å²) in [6.07, 6.45) is 11.4. The zero-order valence-corrected chi connectivity index (χ0v) is 24.1. The standard InChI is InChI=1S/C36H48N2O/c1-2-3-27-39-35-18-16-33(17-19-35)30-37-23-25-38(26-24-37)34-15-10-21-36(22-20-34,28-31-11-6-4-7-12-31)29-32-13-8-5-9-14-32/h4-9,11-14,16-19,34H,2-3,10,15,20-30H2,1H3. The third kappa shape index (κ3) is 8.19. The maximum absolute atomic E-state index is 5.84. The lowest BCUT2D eigenvalue weighted by Gasteiger charge is -2.39. The Labute approximate surface area is 237 Å². The van der Waals surface area contributed by atoms with E-state index in [1.54, 1.807) is 0 Å². The lowest BCUT2D eigenvalue weighted by molar-refractivity contribution is 0.0830. The Bertz CT molecular complexity index is 1050. The molecule has 3 aromatic rings. The second kappa shape index (κ2) is 14.1. The summed E-state index contributed by atoms with van der Waals surface area (Å²) in [6.45, 7) is 8.81. The number of piperazine rings is 1. The van der Waals surface area contributed by atoms with Crippen LogP contribution in [0.15, 0.2) is 84.9 Å². The molecule has 0 radical (unpaired) electrons. The van der Waals surface area contributed by atoms with Crippen molar-refractivity contribution in [3.05, 3.63) is 102 Å². The van der Waals surface area contributed by atoms with Gasteiger partial charge >= 0.3 is 0 Å². The van der Waals surface area contributed by atoms with Crippen molar-refractivity contribution in [2.24, 2.45) is 5.41 Å². The van der Waals surface area contributed by atoms with E-state index in [-0.39, 0.29) is 0 Å². The summed E-state index contributed by atoms with van der Waals surface area (Å²) in [7, 11) is 0. The molecule has 5 rings (SSSR count). The molecule has 1 saturated heterocycles. The minimum atomic E-state index is 0.367. The minimum absolute atomic E-state index is 0.367. The average Bonchev–Trinajstić information content (AvgIpc) is 3.18. The fraction of sp³-hybridized carbons (Fsp3) is 0.500. The summed E-state index contributed by atoms with van der Waals surface area (Å²) in [5, 5.41) is 0. The maximum atomic E-state index is 5.84. The van der Waals surface area contributed by atoms with Crippen LogP contribution in [0.4, 0.5) is 0 Å². The van der Waals surface area contributed by atoms with Crippen LogP contribution in [0.25, 0.3) is 0 Å². The largest absolute Gasteiger partial charge is 0.494 e. The number of hydrogen-bond donors (Lipinski definition) is 0. The molecule has 3 heteroatoms. The molecule has 2 aliphatic rings. The number of hydrogen-bond acceptors (Lipinski definition) is 3. The fourth-order valence-electron chi connectivity index (χ4n) is 6.86. The number of benzene rings is 3. The first-order valence-electron chi connectivity index (χ1n) is 15.5. The van der Waals surface area contributed by atoms with Gasteiger partial charge in [-0.25, -0.2) is 0 Å². The van der Waals surface area contributed by atoms with Crippen molar-refractivity contribution in [1.82, 2.24) is 9.80 Å². The molecule has 0 N–H and O–H groups in total. The van der Waals surface area contributed by atoms with Gasteiger partial charge in [0.05, 0.1) is 6.61 Å². The number of rotatable bonds is 11. The van der Waals surface area contributed by atoms with Crippen molar-refractivity contribution < 1.29 is 4.74 Å². The maximum Gasteiger partial charge on any atom is 0.119 e. The number of nitrogens with zero attached hydrogens (tertiary/aromatic N) is 2. The zero-order chi connectivity index (χ0) is 26.8. The van der Waals surface area contributed by atoms with Crippen molar-refractivity contribution >= 4 is 0 Å². The van der Waals surface area contributed by atoms with Gasteiger partial charge in [-0.3, -0.25) is 9.80 Å². The van der Waals surface area contributed by atoms with Crippen molar-refractivity contribution in [2.45, 2.75) is 77.3 Å². The van der Waals surface area contributed by atoms with Gasteiger partial charge in [-0.2, -0.15) is 0 Å². The van der Waals surface area contributed by atoms with Gasteiger partial charge in [0.25, 0.3) is 0 Å². The third-order valence-electron chi connectivity index (χ3n) is 9.12. The van der Waals surface area contributed by atoms with Crippen LogP contribution in [0.3, 0.4) is 0 Å². The van der Waals surface area contributed by atoms with Crippen LogP contribution >= 0.6 is 0 Å². The molecule has 3 aromatic carbocycles. The highest BCUT2D eigenvalue weighted by molar-refractivity contribution is 5.27. The van der Waals surface area contributed by atoms with Crippen LogP contribution in [-0.4, -0.2) is 48.6 Å². The Kier molecular flexibility index (Phi) is 10.1. The third-order valence-corrected chi connectivity index (χ3v) is 9.12.